The van der Waals surface area contributed by atoms with E-state index in [2.05, 4.69) is 31.2 Å². The van der Waals surface area contributed by atoms with Crippen molar-refractivity contribution >= 4 is 33.3 Å². The second-order valence-electron chi connectivity index (χ2n) is 5.91. The first kappa shape index (κ1) is 15.7. The monoisotopic (exact) mass is 352 g/mol. The van der Waals surface area contributed by atoms with Gasteiger partial charge in [-0.15, -0.1) is 0 Å². The summed E-state index contributed by atoms with van der Waals surface area (Å²) in [6.07, 6.45) is 0. The van der Waals surface area contributed by atoms with E-state index in [-0.39, 0.29) is 11.2 Å². The molecule has 1 aromatic heterocycles. The van der Waals surface area contributed by atoms with Crippen LogP contribution in [0.15, 0.2) is 22.7 Å². The number of nitrogens with two attached hydrogens (primary N) is 1. The van der Waals surface area contributed by atoms with E-state index in [1.165, 1.54) is 6.07 Å². The fourth-order valence-corrected chi connectivity index (χ4v) is 2.07. The molecular weight excluding hydrogens is 335 g/mol. The lowest BCUT2D eigenvalue weighted by Crippen LogP contribution is -2.19. The topological polar surface area (TPSA) is 63.8 Å². The van der Waals surface area contributed by atoms with Crippen LogP contribution in [0.4, 0.5) is 21.7 Å². The first-order chi connectivity index (χ1) is 9.68. The summed E-state index contributed by atoms with van der Waals surface area (Å²) in [5.41, 5.74) is 6.74. The molecule has 0 aliphatic heterocycles. The third-order valence-electron chi connectivity index (χ3n) is 3.04. The van der Waals surface area contributed by atoms with Gasteiger partial charge in [-0.2, -0.15) is 0 Å². The molecule has 1 heterocycles. The zero-order chi connectivity index (χ0) is 15.8. The van der Waals surface area contributed by atoms with E-state index >= 15 is 0 Å². The van der Waals surface area contributed by atoms with E-state index < -0.39 is 0 Å². The molecule has 0 fully saturated rings. The number of anilines is 3. The van der Waals surface area contributed by atoms with Crippen molar-refractivity contribution in [3.05, 3.63) is 39.9 Å². The lowest BCUT2D eigenvalue weighted by molar-refractivity contribution is 0.546. The predicted octanol–water partition coefficient (Wildman–Crippen LogP) is 4.31. The molecule has 0 aliphatic rings. The Morgan fingerprint density at radius 1 is 1.24 bits per heavy atom. The van der Waals surface area contributed by atoms with Crippen molar-refractivity contribution in [3.8, 4) is 0 Å². The first-order valence-corrected chi connectivity index (χ1v) is 7.34. The third kappa shape index (κ3) is 3.50. The summed E-state index contributed by atoms with van der Waals surface area (Å²) >= 11 is 3.32. The molecule has 0 amide bonds. The Morgan fingerprint density at radius 2 is 1.90 bits per heavy atom. The van der Waals surface area contributed by atoms with E-state index in [1.54, 1.807) is 19.1 Å². The lowest BCUT2D eigenvalue weighted by Gasteiger charge is -2.20. The Hall–Kier alpha value is -1.69. The maximum atomic E-state index is 13.9. The average molecular weight is 353 g/mol. The van der Waals surface area contributed by atoms with Gasteiger partial charge < -0.3 is 11.1 Å². The number of rotatable bonds is 2. The summed E-state index contributed by atoms with van der Waals surface area (Å²) < 4.78 is 14.6. The van der Waals surface area contributed by atoms with Gasteiger partial charge in [-0.25, -0.2) is 14.4 Å². The van der Waals surface area contributed by atoms with Gasteiger partial charge in [-0.3, -0.25) is 0 Å². The van der Waals surface area contributed by atoms with E-state index in [1.807, 2.05) is 20.8 Å². The van der Waals surface area contributed by atoms with Gasteiger partial charge in [0.1, 0.15) is 23.3 Å². The molecule has 0 radical (unpaired) electrons. The number of benzene rings is 1. The summed E-state index contributed by atoms with van der Waals surface area (Å²) in [6, 6.07) is 4.68. The van der Waals surface area contributed by atoms with E-state index in [0.29, 0.717) is 28.7 Å². The smallest absolute Gasteiger partial charge is 0.146 e. The molecule has 1 aromatic carbocycles. The largest absolute Gasteiger partial charge is 0.383 e. The van der Waals surface area contributed by atoms with Crippen LogP contribution in [0.2, 0.25) is 0 Å². The molecule has 6 heteroatoms. The molecule has 112 valence electrons. The highest BCUT2D eigenvalue weighted by atomic mass is 79.9. The number of nitrogens with zero attached hydrogens (tertiary/aromatic N) is 2. The number of nitrogen functional groups attached to an aromatic ring is 1. The molecular formula is C15H18BrFN4. The van der Waals surface area contributed by atoms with Crippen molar-refractivity contribution in [1.29, 1.82) is 0 Å². The molecule has 0 atom stereocenters. The number of aromatic nitrogens is 2. The molecule has 0 bridgehead atoms. The Balaban J connectivity index is 2.49. The van der Waals surface area contributed by atoms with Crippen LogP contribution < -0.4 is 11.1 Å². The van der Waals surface area contributed by atoms with Crippen LogP contribution in [0.25, 0.3) is 0 Å². The van der Waals surface area contributed by atoms with Gasteiger partial charge in [0.15, 0.2) is 0 Å². The first-order valence-electron chi connectivity index (χ1n) is 6.55. The summed E-state index contributed by atoms with van der Waals surface area (Å²) in [6.45, 7) is 7.81. The highest BCUT2D eigenvalue weighted by Crippen LogP contribution is 2.28. The number of nitrogens with one attached hydrogen (secondary N) is 1. The normalized spacial score (nSPS) is 11.5. The second-order valence-corrected chi connectivity index (χ2v) is 6.82. The van der Waals surface area contributed by atoms with Gasteiger partial charge in [0.05, 0.1) is 5.69 Å². The quantitative estimate of drug-likeness (QED) is 0.845. The Labute approximate surface area is 132 Å². The molecule has 4 nitrogen and oxygen atoms in total. The molecule has 2 aromatic rings. The minimum absolute atomic E-state index is 0.242. The molecule has 0 aliphatic carbocycles. The number of hydrogen-bond donors (Lipinski definition) is 2. The fraction of sp³-hybridized carbons (Fsp3) is 0.333. The van der Waals surface area contributed by atoms with Gasteiger partial charge >= 0.3 is 0 Å². The molecule has 0 saturated heterocycles. The van der Waals surface area contributed by atoms with Gasteiger partial charge in [-0.1, -0.05) is 36.7 Å². The van der Waals surface area contributed by atoms with E-state index in [4.69, 9.17) is 5.73 Å². The standard InChI is InChI=1S/C15H18BrFN4/c1-8-12(18)20-14(15(2,3)4)21-13(8)19-11-7-9(16)5-6-10(11)17/h5-7H,1-4H3,(H3,18,19,20,21). The minimum atomic E-state index is -0.355. The number of halogens is 2. The average Bonchev–Trinajstić information content (AvgIpc) is 2.37. The molecule has 0 spiro atoms. The van der Waals surface area contributed by atoms with E-state index in [0.717, 1.165) is 4.47 Å². The van der Waals surface area contributed by atoms with E-state index in [9.17, 15) is 4.39 Å². The molecule has 2 rings (SSSR count). The predicted molar refractivity (Wildman–Crippen MR) is 87.3 cm³/mol. The van der Waals surface area contributed by atoms with Gasteiger partial charge in [0, 0.05) is 15.5 Å². The fourth-order valence-electron chi connectivity index (χ4n) is 1.71. The summed E-state index contributed by atoms with van der Waals surface area (Å²) in [5.74, 6) is 1.17. The van der Waals surface area contributed by atoms with Crippen LogP contribution in [0, 0.1) is 12.7 Å². The van der Waals surface area contributed by atoms with Gasteiger partial charge in [0.25, 0.3) is 0 Å². The maximum absolute atomic E-state index is 13.9. The second kappa shape index (κ2) is 5.60. The van der Waals surface area contributed by atoms with Crippen LogP contribution >= 0.6 is 15.9 Å². The van der Waals surface area contributed by atoms with Crippen LogP contribution in [0.1, 0.15) is 32.2 Å². The maximum Gasteiger partial charge on any atom is 0.146 e. The molecule has 21 heavy (non-hydrogen) atoms. The molecule has 0 unspecified atom stereocenters. The SMILES string of the molecule is Cc1c(N)nc(C(C)(C)C)nc1Nc1cc(Br)ccc1F. The third-order valence-corrected chi connectivity index (χ3v) is 3.53. The minimum Gasteiger partial charge on any atom is -0.383 e. The van der Waals surface area contributed by atoms with Crippen molar-refractivity contribution < 1.29 is 4.39 Å². The highest BCUT2D eigenvalue weighted by Gasteiger charge is 2.20. The summed E-state index contributed by atoms with van der Waals surface area (Å²) in [7, 11) is 0. The molecule has 0 saturated carbocycles. The summed E-state index contributed by atoms with van der Waals surface area (Å²) in [5, 5.41) is 3.00. The van der Waals surface area contributed by atoms with Gasteiger partial charge in [0.2, 0.25) is 0 Å². The highest BCUT2D eigenvalue weighted by molar-refractivity contribution is 9.10. The van der Waals surface area contributed by atoms with Crippen molar-refractivity contribution in [2.45, 2.75) is 33.1 Å². The van der Waals surface area contributed by atoms with Crippen molar-refractivity contribution in [2.75, 3.05) is 11.1 Å². The van der Waals surface area contributed by atoms with Crippen LogP contribution in [-0.4, -0.2) is 9.97 Å². The lowest BCUT2D eigenvalue weighted by atomic mass is 9.95. The van der Waals surface area contributed by atoms with Crippen LogP contribution in [0.3, 0.4) is 0 Å². The van der Waals surface area contributed by atoms with Crippen molar-refractivity contribution in [3.63, 3.8) is 0 Å². The van der Waals surface area contributed by atoms with Gasteiger partial charge in [-0.05, 0) is 25.1 Å². The molecule has 3 N–H and O–H groups in total. The Kier molecular flexibility index (Phi) is 4.18. The summed E-state index contributed by atoms with van der Waals surface area (Å²) in [4.78, 5) is 8.80. The van der Waals surface area contributed by atoms with Crippen molar-refractivity contribution in [1.82, 2.24) is 9.97 Å². The Bertz CT molecular complexity index is 680. The zero-order valence-electron chi connectivity index (χ0n) is 12.5. The number of hydrogen-bond acceptors (Lipinski definition) is 4. The zero-order valence-corrected chi connectivity index (χ0v) is 14.0. The van der Waals surface area contributed by atoms with Crippen LogP contribution in [-0.2, 0) is 5.41 Å². The Morgan fingerprint density at radius 3 is 2.52 bits per heavy atom. The van der Waals surface area contributed by atoms with Crippen molar-refractivity contribution in [2.24, 2.45) is 0 Å². The van der Waals surface area contributed by atoms with Crippen LogP contribution in [0.5, 0.6) is 0 Å².